The monoisotopic (exact) mass is 300 g/mol. The lowest BCUT2D eigenvalue weighted by Gasteiger charge is -2.34. The number of rotatable bonds is 3. The van der Waals surface area contributed by atoms with E-state index in [-0.39, 0.29) is 17.9 Å². The number of nitrogens with zero attached hydrogens (tertiary/aromatic N) is 2. The first-order valence-corrected chi connectivity index (χ1v) is 8.23. The van der Waals surface area contributed by atoms with Crippen molar-refractivity contribution in [3.8, 4) is 0 Å². The minimum absolute atomic E-state index is 0.0947. The molecule has 2 aliphatic heterocycles. The summed E-state index contributed by atoms with van der Waals surface area (Å²) in [6.45, 7) is 1.66. The lowest BCUT2D eigenvalue weighted by molar-refractivity contribution is -0.141. The molecular weight excluding hydrogens is 276 g/mol. The molecule has 118 valence electrons. The number of piperidine rings is 1. The Morgan fingerprint density at radius 1 is 1.14 bits per heavy atom. The van der Waals surface area contributed by atoms with Crippen LogP contribution in [0.15, 0.2) is 30.3 Å². The van der Waals surface area contributed by atoms with E-state index in [0.717, 1.165) is 32.4 Å². The fourth-order valence-corrected chi connectivity index (χ4v) is 3.61. The minimum Gasteiger partial charge on any atom is -0.341 e. The summed E-state index contributed by atoms with van der Waals surface area (Å²) < 4.78 is 0. The van der Waals surface area contributed by atoms with Crippen LogP contribution in [-0.2, 0) is 16.0 Å². The van der Waals surface area contributed by atoms with Crippen molar-refractivity contribution in [3.63, 3.8) is 0 Å². The van der Waals surface area contributed by atoms with Crippen LogP contribution in [0, 0.1) is 5.92 Å². The highest BCUT2D eigenvalue weighted by molar-refractivity contribution is 5.90. The first-order chi connectivity index (χ1) is 10.6. The highest BCUT2D eigenvalue weighted by atomic mass is 16.2. The maximum absolute atomic E-state index is 12.6. The van der Waals surface area contributed by atoms with E-state index in [0.29, 0.717) is 18.8 Å². The molecule has 0 saturated carbocycles. The van der Waals surface area contributed by atoms with Crippen LogP contribution in [-0.4, -0.2) is 47.8 Å². The Labute approximate surface area is 132 Å². The van der Waals surface area contributed by atoms with E-state index in [2.05, 4.69) is 24.3 Å². The molecule has 2 aliphatic rings. The molecule has 0 N–H and O–H groups in total. The zero-order valence-corrected chi connectivity index (χ0v) is 13.2. The Morgan fingerprint density at radius 2 is 1.82 bits per heavy atom. The second-order valence-corrected chi connectivity index (χ2v) is 6.52. The van der Waals surface area contributed by atoms with Gasteiger partial charge in [0.05, 0.1) is 0 Å². The van der Waals surface area contributed by atoms with E-state index in [1.165, 1.54) is 5.56 Å². The van der Waals surface area contributed by atoms with Gasteiger partial charge in [-0.3, -0.25) is 9.59 Å². The highest BCUT2D eigenvalue weighted by Gasteiger charge is 2.36. The molecule has 2 amide bonds. The van der Waals surface area contributed by atoms with Crippen molar-refractivity contribution in [2.45, 2.75) is 38.1 Å². The summed E-state index contributed by atoms with van der Waals surface area (Å²) in [7, 11) is 1.75. The van der Waals surface area contributed by atoms with Crippen molar-refractivity contribution in [2.75, 3.05) is 20.1 Å². The normalized spacial score (nSPS) is 23.1. The van der Waals surface area contributed by atoms with Crippen LogP contribution in [0.1, 0.15) is 31.2 Å². The fourth-order valence-electron chi connectivity index (χ4n) is 3.61. The van der Waals surface area contributed by atoms with E-state index in [9.17, 15) is 9.59 Å². The summed E-state index contributed by atoms with van der Waals surface area (Å²) in [6.07, 6.45) is 4.41. The van der Waals surface area contributed by atoms with Crippen LogP contribution in [0.4, 0.5) is 0 Å². The summed E-state index contributed by atoms with van der Waals surface area (Å²) in [4.78, 5) is 27.7. The van der Waals surface area contributed by atoms with Crippen molar-refractivity contribution in [2.24, 2.45) is 5.92 Å². The van der Waals surface area contributed by atoms with Gasteiger partial charge in [0.1, 0.15) is 6.04 Å². The average molecular weight is 300 g/mol. The SMILES string of the molecule is CN1C(=O)CCC1C(=O)N1CCC(Cc2ccccc2)CC1. The number of amides is 2. The maximum Gasteiger partial charge on any atom is 0.245 e. The first-order valence-electron chi connectivity index (χ1n) is 8.23. The number of carbonyl (C=O) groups excluding carboxylic acids is 2. The number of benzene rings is 1. The van der Waals surface area contributed by atoms with Gasteiger partial charge in [-0.25, -0.2) is 0 Å². The third-order valence-electron chi connectivity index (χ3n) is 5.07. The second kappa shape index (κ2) is 6.51. The zero-order chi connectivity index (χ0) is 15.5. The van der Waals surface area contributed by atoms with Crippen molar-refractivity contribution in [3.05, 3.63) is 35.9 Å². The number of hydrogen-bond acceptors (Lipinski definition) is 2. The van der Waals surface area contributed by atoms with Gasteiger partial charge in [0.25, 0.3) is 0 Å². The Kier molecular flexibility index (Phi) is 4.46. The molecule has 0 aromatic heterocycles. The molecule has 1 aromatic carbocycles. The third-order valence-corrected chi connectivity index (χ3v) is 5.07. The Morgan fingerprint density at radius 3 is 2.41 bits per heavy atom. The average Bonchev–Trinajstić information content (AvgIpc) is 2.88. The van der Waals surface area contributed by atoms with Gasteiger partial charge >= 0.3 is 0 Å². The number of carbonyl (C=O) groups is 2. The summed E-state index contributed by atoms with van der Waals surface area (Å²) in [5.41, 5.74) is 1.38. The largest absolute Gasteiger partial charge is 0.341 e. The molecule has 4 heteroatoms. The predicted molar refractivity (Wildman–Crippen MR) is 85.2 cm³/mol. The molecule has 22 heavy (non-hydrogen) atoms. The van der Waals surface area contributed by atoms with Crippen LogP contribution in [0.25, 0.3) is 0 Å². The van der Waals surface area contributed by atoms with Gasteiger partial charge in [-0.2, -0.15) is 0 Å². The molecular formula is C18H24N2O2. The Balaban J connectivity index is 1.51. The smallest absolute Gasteiger partial charge is 0.245 e. The number of likely N-dealkylation sites (N-methyl/N-ethyl adjacent to an activating group) is 1. The van der Waals surface area contributed by atoms with E-state index < -0.39 is 0 Å². The van der Waals surface area contributed by atoms with Crippen LogP contribution in [0.2, 0.25) is 0 Å². The molecule has 3 rings (SSSR count). The van der Waals surface area contributed by atoms with Crippen LogP contribution < -0.4 is 0 Å². The third kappa shape index (κ3) is 3.16. The molecule has 1 aromatic rings. The molecule has 2 heterocycles. The van der Waals surface area contributed by atoms with Gasteiger partial charge in [0.2, 0.25) is 11.8 Å². The van der Waals surface area contributed by atoms with Crippen LogP contribution in [0.3, 0.4) is 0 Å². The van der Waals surface area contributed by atoms with Crippen molar-refractivity contribution in [1.29, 1.82) is 0 Å². The fraction of sp³-hybridized carbons (Fsp3) is 0.556. The van der Waals surface area contributed by atoms with Gasteiger partial charge in [-0.1, -0.05) is 30.3 Å². The Hall–Kier alpha value is -1.84. The van der Waals surface area contributed by atoms with Crippen LogP contribution >= 0.6 is 0 Å². The van der Waals surface area contributed by atoms with Gasteiger partial charge in [-0.15, -0.1) is 0 Å². The van der Waals surface area contributed by atoms with Gasteiger partial charge in [0, 0.05) is 26.6 Å². The van der Waals surface area contributed by atoms with E-state index in [1.54, 1.807) is 11.9 Å². The summed E-state index contributed by atoms with van der Waals surface area (Å²) >= 11 is 0. The highest BCUT2D eigenvalue weighted by Crippen LogP contribution is 2.25. The standard InChI is InChI=1S/C18H24N2O2/c1-19-16(7-8-17(19)21)18(22)20-11-9-15(10-12-20)13-14-5-3-2-4-6-14/h2-6,15-16H,7-13H2,1H3. The van der Waals surface area contributed by atoms with Gasteiger partial charge in [-0.05, 0) is 37.2 Å². The van der Waals surface area contributed by atoms with E-state index in [4.69, 9.17) is 0 Å². The van der Waals surface area contributed by atoms with Crippen molar-refractivity contribution in [1.82, 2.24) is 9.80 Å². The lowest BCUT2D eigenvalue weighted by Crippen LogP contribution is -2.48. The van der Waals surface area contributed by atoms with E-state index in [1.807, 2.05) is 11.0 Å². The molecule has 4 nitrogen and oxygen atoms in total. The van der Waals surface area contributed by atoms with E-state index >= 15 is 0 Å². The summed E-state index contributed by atoms with van der Waals surface area (Å²) in [6, 6.07) is 10.3. The maximum atomic E-state index is 12.6. The van der Waals surface area contributed by atoms with Gasteiger partial charge in [0.15, 0.2) is 0 Å². The van der Waals surface area contributed by atoms with Crippen LogP contribution in [0.5, 0.6) is 0 Å². The Bertz CT molecular complexity index is 535. The van der Waals surface area contributed by atoms with Gasteiger partial charge < -0.3 is 9.80 Å². The second-order valence-electron chi connectivity index (χ2n) is 6.52. The summed E-state index contributed by atoms with van der Waals surface area (Å²) in [5.74, 6) is 0.901. The molecule has 0 bridgehead atoms. The zero-order valence-electron chi connectivity index (χ0n) is 13.2. The molecule has 0 radical (unpaired) electrons. The molecule has 0 aliphatic carbocycles. The number of likely N-dealkylation sites (tertiary alicyclic amines) is 2. The molecule has 0 spiro atoms. The minimum atomic E-state index is -0.224. The molecule has 1 unspecified atom stereocenters. The summed E-state index contributed by atoms with van der Waals surface area (Å²) in [5, 5.41) is 0. The predicted octanol–water partition coefficient (Wildman–Crippen LogP) is 2.09. The molecule has 1 atom stereocenters. The number of hydrogen-bond donors (Lipinski definition) is 0. The molecule has 2 saturated heterocycles. The topological polar surface area (TPSA) is 40.6 Å². The van der Waals surface area contributed by atoms with Crippen molar-refractivity contribution >= 4 is 11.8 Å². The first kappa shape index (κ1) is 15.1. The molecule has 2 fully saturated rings. The van der Waals surface area contributed by atoms with Crippen molar-refractivity contribution < 1.29 is 9.59 Å². The lowest BCUT2D eigenvalue weighted by atomic mass is 9.90. The quantitative estimate of drug-likeness (QED) is 0.857.